The molecule has 0 atom stereocenters. The van der Waals surface area contributed by atoms with Gasteiger partial charge in [-0.1, -0.05) is 6.07 Å². The Hall–Kier alpha value is -2.35. The van der Waals surface area contributed by atoms with Gasteiger partial charge < -0.3 is 9.72 Å². The number of hydrogen-bond acceptors (Lipinski definition) is 4. The minimum absolute atomic E-state index is 0.0907. The van der Waals surface area contributed by atoms with Crippen molar-refractivity contribution in [2.45, 2.75) is 13.3 Å². The van der Waals surface area contributed by atoms with Crippen molar-refractivity contribution in [2.75, 3.05) is 6.61 Å². The molecule has 2 rings (SSSR count). The van der Waals surface area contributed by atoms with E-state index in [0.29, 0.717) is 23.5 Å². The third kappa shape index (κ3) is 2.26. The van der Waals surface area contributed by atoms with E-state index in [1.54, 1.807) is 19.1 Å². The van der Waals surface area contributed by atoms with Crippen LogP contribution in [0.15, 0.2) is 18.2 Å². The maximum atomic E-state index is 11.3. The third-order valence-corrected chi connectivity index (χ3v) is 2.30. The Balaban J connectivity index is 2.32. The van der Waals surface area contributed by atoms with Crippen molar-refractivity contribution in [1.82, 2.24) is 9.97 Å². The molecule has 0 saturated heterocycles. The summed E-state index contributed by atoms with van der Waals surface area (Å²) in [6, 6.07) is 7.34. The zero-order valence-electron chi connectivity index (χ0n) is 9.36. The van der Waals surface area contributed by atoms with Crippen LogP contribution in [0.2, 0.25) is 0 Å². The minimum Gasteiger partial charge on any atom is -0.466 e. The molecule has 0 amide bonds. The predicted molar refractivity (Wildman–Crippen MR) is 61.1 cm³/mol. The number of aromatic nitrogens is 2. The molecule has 1 aromatic heterocycles. The van der Waals surface area contributed by atoms with E-state index in [4.69, 9.17) is 10.00 Å². The highest BCUT2D eigenvalue weighted by Crippen LogP contribution is 2.15. The van der Waals surface area contributed by atoms with Crippen molar-refractivity contribution in [3.63, 3.8) is 0 Å². The Morgan fingerprint density at radius 2 is 2.41 bits per heavy atom. The minimum atomic E-state index is -0.329. The lowest BCUT2D eigenvalue weighted by molar-refractivity contribution is -0.142. The lowest BCUT2D eigenvalue weighted by atomic mass is 10.2. The number of hydrogen-bond donors (Lipinski definition) is 1. The van der Waals surface area contributed by atoms with Gasteiger partial charge in [0.15, 0.2) is 0 Å². The first kappa shape index (κ1) is 11.1. The number of imidazole rings is 1. The van der Waals surface area contributed by atoms with Crippen LogP contribution in [0, 0.1) is 11.3 Å². The summed E-state index contributed by atoms with van der Waals surface area (Å²) < 4.78 is 4.83. The highest BCUT2D eigenvalue weighted by molar-refractivity contribution is 5.82. The Labute approximate surface area is 98.0 Å². The number of aromatic amines is 1. The molecule has 5 heteroatoms. The Morgan fingerprint density at radius 1 is 1.59 bits per heavy atom. The predicted octanol–water partition coefficient (Wildman–Crippen LogP) is 1.54. The van der Waals surface area contributed by atoms with Crippen LogP contribution < -0.4 is 0 Å². The lowest BCUT2D eigenvalue weighted by Crippen LogP contribution is -2.08. The number of carbonyl (C=O) groups excluding carboxylic acids is 1. The number of ether oxygens (including phenoxy) is 1. The topological polar surface area (TPSA) is 78.8 Å². The van der Waals surface area contributed by atoms with E-state index in [9.17, 15) is 4.79 Å². The second-order valence-electron chi connectivity index (χ2n) is 3.48. The zero-order chi connectivity index (χ0) is 12.3. The molecule has 0 aliphatic heterocycles. The van der Waals surface area contributed by atoms with Crippen molar-refractivity contribution in [3.8, 4) is 6.07 Å². The Bertz CT molecular complexity index is 595. The average molecular weight is 229 g/mol. The fourth-order valence-electron chi connectivity index (χ4n) is 1.61. The lowest BCUT2D eigenvalue weighted by Gasteiger charge is -1.97. The SMILES string of the molecule is CCOC(=O)Cc1nc2c(C#N)cccc2[nH]1. The van der Waals surface area contributed by atoms with Crippen LogP contribution in [-0.2, 0) is 16.0 Å². The molecule has 0 unspecified atom stereocenters. The van der Waals surface area contributed by atoms with Gasteiger partial charge in [0.05, 0.1) is 17.7 Å². The first-order valence-electron chi connectivity index (χ1n) is 5.28. The highest BCUT2D eigenvalue weighted by Gasteiger charge is 2.10. The van der Waals surface area contributed by atoms with E-state index < -0.39 is 0 Å². The van der Waals surface area contributed by atoms with Gasteiger partial charge in [0.25, 0.3) is 0 Å². The number of nitriles is 1. The van der Waals surface area contributed by atoms with Crippen LogP contribution in [0.5, 0.6) is 0 Å². The summed E-state index contributed by atoms with van der Waals surface area (Å²) in [5.74, 6) is 0.186. The van der Waals surface area contributed by atoms with E-state index in [2.05, 4.69) is 16.0 Å². The van der Waals surface area contributed by atoms with Crippen LogP contribution in [-0.4, -0.2) is 22.5 Å². The van der Waals surface area contributed by atoms with Crippen LogP contribution in [0.25, 0.3) is 11.0 Å². The molecular formula is C12H11N3O2. The van der Waals surface area contributed by atoms with Crippen molar-refractivity contribution in [1.29, 1.82) is 5.26 Å². The number of esters is 1. The molecule has 1 N–H and O–H groups in total. The van der Waals surface area contributed by atoms with Gasteiger partial charge in [0.2, 0.25) is 0 Å². The van der Waals surface area contributed by atoms with Crippen molar-refractivity contribution in [3.05, 3.63) is 29.6 Å². The van der Waals surface area contributed by atoms with Crippen LogP contribution in [0.1, 0.15) is 18.3 Å². The number of carbonyl (C=O) groups is 1. The normalized spacial score (nSPS) is 10.1. The second kappa shape index (κ2) is 4.66. The van der Waals surface area contributed by atoms with Crippen molar-refractivity contribution in [2.24, 2.45) is 0 Å². The number of nitrogens with one attached hydrogen (secondary N) is 1. The second-order valence-corrected chi connectivity index (χ2v) is 3.48. The molecule has 0 fully saturated rings. The molecule has 0 aliphatic carbocycles. The number of nitrogens with zero attached hydrogens (tertiary/aromatic N) is 2. The Kier molecular flexibility index (Phi) is 3.06. The summed E-state index contributed by atoms with van der Waals surface area (Å²) >= 11 is 0. The summed E-state index contributed by atoms with van der Waals surface area (Å²) in [7, 11) is 0. The van der Waals surface area contributed by atoms with Crippen LogP contribution >= 0.6 is 0 Å². The highest BCUT2D eigenvalue weighted by atomic mass is 16.5. The van der Waals surface area contributed by atoms with Gasteiger partial charge in [0, 0.05) is 0 Å². The van der Waals surface area contributed by atoms with E-state index in [1.807, 2.05) is 6.07 Å². The summed E-state index contributed by atoms with van der Waals surface area (Å²) in [6.45, 7) is 2.10. The van der Waals surface area contributed by atoms with E-state index in [0.717, 1.165) is 5.52 Å². The van der Waals surface area contributed by atoms with Crippen LogP contribution in [0.4, 0.5) is 0 Å². The summed E-state index contributed by atoms with van der Waals surface area (Å²) in [4.78, 5) is 18.5. The molecule has 0 aliphatic rings. The molecule has 2 aromatic rings. The van der Waals surface area contributed by atoms with Gasteiger partial charge in [-0.2, -0.15) is 5.26 Å². The molecule has 0 radical (unpaired) electrons. The molecular weight excluding hydrogens is 218 g/mol. The molecule has 0 bridgehead atoms. The van der Waals surface area contributed by atoms with Gasteiger partial charge in [0.1, 0.15) is 23.8 Å². The van der Waals surface area contributed by atoms with Gasteiger partial charge in [-0.3, -0.25) is 4.79 Å². The molecule has 5 nitrogen and oxygen atoms in total. The fraction of sp³-hybridized carbons (Fsp3) is 0.250. The smallest absolute Gasteiger partial charge is 0.313 e. The Morgan fingerprint density at radius 3 is 3.12 bits per heavy atom. The first-order chi connectivity index (χ1) is 8.24. The van der Waals surface area contributed by atoms with Gasteiger partial charge in [-0.05, 0) is 19.1 Å². The molecule has 0 spiro atoms. The van der Waals surface area contributed by atoms with Crippen molar-refractivity contribution >= 4 is 17.0 Å². The van der Waals surface area contributed by atoms with E-state index in [-0.39, 0.29) is 12.4 Å². The third-order valence-electron chi connectivity index (χ3n) is 2.30. The monoisotopic (exact) mass is 229 g/mol. The van der Waals surface area contributed by atoms with Gasteiger partial charge in [-0.15, -0.1) is 0 Å². The zero-order valence-corrected chi connectivity index (χ0v) is 9.36. The molecule has 1 aromatic carbocycles. The number of H-pyrrole nitrogens is 1. The summed E-state index contributed by atoms with van der Waals surface area (Å²) in [5, 5.41) is 8.92. The quantitative estimate of drug-likeness (QED) is 0.809. The number of benzene rings is 1. The van der Waals surface area contributed by atoms with Crippen LogP contribution in [0.3, 0.4) is 0 Å². The summed E-state index contributed by atoms with van der Waals surface area (Å²) in [5.41, 5.74) is 1.84. The number of para-hydroxylation sites is 1. The maximum absolute atomic E-state index is 11.3. The summed E-state index contributed by atoms with van der Waals surface area (Å²) in [6.07, 6.45) is 0.0907. The standard InChI is InChI=1S/C12H11N3O2/c1-2-17-11(16)6-10-14-9-5-3-4-8(7-13)12(9)15-10/h3-5H,2,6H2,1H3,(H,14,15). The number of fused-ring (bicyclic) bond motifs is 1. The van der Waals surface area contributed by atoms with E-state index >= 15 is 0 Å². The molecule has 86 valence electrons. The van der Waals surface area contributed by atoms with Crippen molar-refractivity contribution < 1.29 is 9.53 Å². The van der Waals surface area contributed by atoms with Gasteiger partial charge in [-0.25, -0.2) is 4.98 Å². The molecule has 17 heavy (non-hydrogen) atoms. The number of rotatable bonds is 3. The van der Waals surface area contributed by atoms with Gasteiger partial charge >= 0.3 is 5.97 Å². The molecule has 0 saturated carbocycles. The maximum Gasteiger partial charge on any atom is 0.313 e. The van der Waals surface area contributed by atoms with E-state index in [1.165, 1.54) is 0 Å². The largest absolute Gasteiger partial charge is 0.466 e. The first-order valence-corrected chi connectivity index (χ1v) is 5.28. The fourth-order valence-corrected chi connectivity index (χ4v) is 1.61. The average Bonchev–Trinajstić information content (AvgIpc) is 2.70. The molecule has 1 heterocycles.